The normalized spacial score (nSPS) is 10.1. The molecular weight excluding hydrogens is 228 g/mol. The molecule has 0 radical (unpaired) electrons. The largest absolute Gasteiger partial charge is 0.508 e. The van der Waals surface area contributed by atoms with E-state index >= 15 is 0 Å². The van der Waals surface area contributed by atoms with Crippen LogP contribution < -0.4 is 10.6 Å². The number of benzene rings is 1. The number of amides is 1. The van der Waals surface area contributed by atoms with E-state index in [0.29, 0.717) is 18.1 Å². The molecule has 4 nitrogen and oxygen atoms in total. The summed E-state index contributed by atoms with van der Waals surface area (Å²) in [5.74, 6) is -0.250. The highest BCUT2D eigenvalue weighted by atomic mass is 35.5. The number of hydrogen-bond acceptors (Lipinski definition) is 3. The van der Waals surface area contributed by atoms with Gasteiger partial charge in [0.2, 0.25) is 0 Å². The molecule has 0 aliphatic rings. The monoisotopic (exact) mass is 242 g/mol. The van der Waals surface area contributed by atoms with Crippen molar-refractivity contribution in [1.82, 2.24) is 10.6 Å². The van der Waals surface area contributed by atoms with Gasteiger partial charge in [-0.25, -0.2) is 0 Å². The zero-order chi connectivity index (χ0) is 12.0. The summed E-state index contributed by atoms with van der Waals surface area (Å²) in [5, 5.41) is 15.4. The molecule has 0 saturated carbocycles. The molecule has 0 saturated heterocycles. The Kier molecular flexibility index (Phi) is 5.08. The summed E-state index contributed by atoms with van der Waals surface area (Å²) < 4.78 is 0. The average molecular weight is 243 g/mol. The van der Waals surface area contributed by atoms with E-state index in [4.69, 9.17) is 11.6 Å². The van der Waals surface area contributed by atoms with Crippen LogP contribution in [-0.2, 0) is 0 Å². The molecule has 0 heterocycles. The summed E-state index contributed by atoms with van der Waals surface area (Å²) in [4.78, 5) is 11.6. The lowest BCUT2D eigenvalue weighted by Gasteiger charge is -2.07. The maximum absolute atomic E-state index is 11.6. The van der Waals surface area contributed by atoms with E-state index in [-0.39, 0.29) is 17.2 Å². The van der Waals surface area contributed by atoms with Crippen LogP contribution in [-0.4, -0.2) is 30.6 Å². The van der Waals surface area contributed by atoms with E-state index in [1.165, 1.54) is 18.2 Å². The molecule has 0 aromatic heterocycles. The maximum atomic E-state index is 11.6. The molecule has 0 fully saturated rings. The van der Waals surface area contributed by atoms with Crippen molar-refractivity contribution in [2.24, 2.45) is 0 Å². The molecule has 0 atom stereocenters. The van der Waals surface area contributed by atoms with Gasteiger partial charge in [-0.15, -0.1) is 0 Å². The number of carbonyl (C=O) groups is 1. The van der Waals surface area contributed by atoms with Crippen molar-refractivity contribution in [1.29, 1.82) is 0 Å². The summed E-state index contributed by atoms with van der Waals surface area (Å²) >= 11 is 5.84. The standard InChI is InChI=1S/C11H15ClN2O2/c1-2-13-5-6-14-11(16)9-7-8(15)3-4-10(9)12/h3-4,7,13,15H,2,5-6H2,1H3,(H,14,16). The Balaban J connectivity index is 2.55. The first-order valence-electron chi connectivity index (χ1n) is 5.12. The van der Waals surface area contributed by atoms with Crippen molar-refractivity contribution < 1.29 is 9.90 Å². The van der Waals surface area contributed by atoms with E-state index in [2.05, 4.69) is 10.6 Å². The van der Waals surface area contributed by atoms with E-state index in [1.54, 1.807) is 0 Å². The molecule has 1 aromatic rings. The zero-order valence-corrected chi connectivity index (χ0v) is 9.84. The average Bonchev–Trinajstić information content (AvgIpc) is 2.27. The van der Waals surface area contributed by atoms with Crippen molar-refractivity contribution in [3.8, 4) is 5.75 Å². The first kappa shape index (κ1) is 12.8. The highest BCUT2D eigenvalue weighted by Crippen LogP contribution is 2.20. The minimum atomic E-state index is -0.279. The number of nitrogens with one attached hydrogen (secondary N) is 2. The second kappa shape index (κ2) is 6.35. The lowest BCUT2D eigenvalue weighted by molar-refractivity contribution is 0.0953. The number of hydrogen-bond donors (Lipinski definition) is 3. The van der Waals surface area contributed by atoms with Crippen LogP contribution >= 0.6 is 11.6 Å². The van der Waals surface area contributed by atoms with Gasteiger partial charge in [-0.1, -0.05) is 18.5 Å². The molecule has 0 unspecified atom stereocenters. The van der Waals surface area contributed by atoms with Crippen molar-refractivity contribution in [2.45, 2.75) is 6.92 Å². The van der Waals surface area contributed by atoms with Crippen LogP contribution in [0.2, 0.25) is 5.02 Å². The molecule has 1 rings (SSSR count). The molecule has 1 aromatic carbocycles. The summed E-state index contributed by atoms with van der Waals surface area (Å²) in [6.07, 6.45) is 0. The second-order valence-electron chi connectivity index (χ2n) is 3.27. The van der Waals surface area contributed by atoms with Crippen LogP contribution in [0.25, 0.3) is 0 Å². The van der Waals surface area contributed by atoms with Crippen LogP contribution in [0.1, 0.15) is 17.3 Å². The van der Waals surface area contributed by atoms with Gasteiger partial charge in [0.15, 0.2) is 0 Å². The third-order valence-electron chi connectivity index (χ3n) is 2.03. The smallest absolute Gasteiger partial charge is 0.252 e. The van der Waals surface area contributed by atoms with Crippen molar-refractivity contribution >= 4 is 17.5 Å². The van der Waals surface area contributed by atoms with Gasteiger partial charge in [0, 0.05) is 13.1 Å². The van der Waals surface area contributed by atoms with Crippen molar-refractivity contribution in [3.63, 3.8) is 0 Å². The van der Waals surface area contributed by atoms with Gasteiger partial charge in [0.1, 0.15) is 5.75 Å². The fourth-order valence-electron chi connectivity index (χ4n) is 1.22. The summed E-state index contributed by atoms with van der Waals surface area (Å²) in [6, 6.07) is 4.29. The summed E-state index contributed by atoms with van der Waals surface area (Å²) in [5.41, 5.74) is 0.290. The van der Waals surface area contributed by atoms with Gasteiger partial charge < -0.3 is 15.7 Å². The predicted octanol–water partition coefficient (Wildman–Crippen LogP) is 1.38. The van der Waals surface area contributed by atoms with Crippen molar-refractivity contribution in [2.75, 3.05) is 19.6 Å². The van der Waals surface area contributed by atoms with Crippen LogP contribution in [0.15, 0.2) is 18.2 Å². The third kappa shape index (κ3) is 3.72. The fraction of sp³-hybridized carbons (Fsp3) is 0.364. The first-order valence-corrected chi connectivity index (χ1v) is 5.50. The first-order chi connectivity index (χ1) is 7.65. The van der Waals surface area contributed by atoms with Gasteiger partial charge in [-0.2, -0.15) is 0 Å². The summed E-state index contributed by atoms with van der Waals surface area (Å²) in [6.45, 7) is 4.09. The topological polar surface area (TPSA) is 61.4 Å². The number of phenolic OH excluding ortho intramolecular Hbond substituents is 1. The Morgan fingerprint density at radius 2 is 2.19 bits per heavy atom. The molecular formula is C11H15ClN2O2. The van der Waals surface area contributed by atoms with Crippen LogP contribution in [0.5, 0.6) is 5.75 Å². The van der Waals surface area contributed by atoms with Crippen LogP contribution in [0.4, 0.5) is 0 Å². The maximum Gasteiger partial charge on any atom is 0.252 e. The Labute approximate surface area is 99.6 Å². The van der Waals surface area contributed by atoms with E-state index < -0.39 is 0 Å². The van der Waals surface area contributed by atoms with Gasteiger partial charge >= 0.3 is 0 Å². The minimum absolute atomic E-state index is 0.0289. The van der Waals surface area contributed by atoms with Crippen molar-refractivity contribution in [3.05, 3.63) is 28.8 Å². The Bertz CT molecular complexity index is 369. The highest BCUT2D eigenvalue weighted by Gasteiger charge is 2.10. The number of carbonyl (C=O) groups excluding carboxylic acids is 1. The van der Waals surface area contributed by atoms with E-state index in [0.717, 1.165) is 6.54 Å². The molecule has 0 spiro atoms. The number of rotatable bonds is 5. The molecule has 0 aliphatic carbocycles. The summed E-state index contributed by atoms with van der Waals surface area (Å²) in [7, 11) is 0. The number of halogens is 1. The number of phenols is 1. The van der Waals surface area contributed by atoms with E-state index in [1.807, 2.05) is 6.92 Å². The zero-order valence-electron chi connectivity index (χ0n) is 9.09. The number of aromatic hydroxyl groups is 1. The van der Waals surface area contributed by atoms with Gasteiger partial charge in [-0.3, -0.25) is 4.79 Å². The third-order valence-corrected chi connectivity index (χ3v) is 2.36. The molecule has 1 amide bonds. The van der Waals surface area contributed by atoms with Crippen LogP contribution in [0.3, 0.4) is 0 Å². The Morgan fingerprint density at radius 1 is 1.44 bits per heavy atom. The SMILES string of the molecule is CCNCCNC(=O)c1cc(O)ccc1Cl. The van der Waals surface area contributed by atoms with E-state index in [9.17, 15) is 9.90 Å². The van der Waals surface area contributed by atoms with Gasteiger partial charge in [0.25, 0.3) is 5.91 Å². The molecule has 3 N–H and O–H groups in total. The molecule has 16 heavy (non-hydrogen) atoms. The molecule has 88 valence electrons. The number of likely N-dealkylation sites (N-methyl/N-ethyl adjacent to an activating group) is 1. The lowest BCUT2D eigenvalue weighted by atomic mass is 10.2. The Hall–Kier alpha value is -1.26. The minimum Gasteiger partial charge on any atom is -0.508 e. The lowest BCUT2D eigenvalue weighted by Crippen LogP contribution is -2.31. The molecule has 5 heteroatoms. The predicted molar refractivity (Wildman–Crippen MR) is 64.0 cm³/mol. The van der Waals surface area contributed by atoms with Gasteiger partial charge in [0.05, 0.1) is 10.6 Å². The van der Waals surface area contributed by atoms with Gasteiger partial charge in [-0.05, 0) is 24.7 Å². The van der Waals surface area contributed by atoms with Crippen LogP contribution in [0, 0.1) is 0 Å². The fourth-order valence-corrected chi connectivity index (χ4v) is 1.43. The second-order valence-corrected chi connectivity index (χ2v) is 3.68. The Morgan fingerprint density at radius 3 is 2.88 bits per heavy atom. The molecule has 0 aliphatic heterocycles. The quantitative estimate of drug-likeness (QED) is 0.684. The molecule has 0 bridgehead atoms. The highest BCUT2D eigenvalue weighted by molar-refractivity contribution is 6.33.